The van der Waals surface area contributed by atoms with E-state index in [4.69, 9.17) is 9.47 Å². The Morgan fingerprint density at radius 1 is 1.06 bits per heavy atom. The Bertz CT molecular complexity index is 1260. The third-order valence-corrected chi connectivity index (χ3v) is 6.75. The van der Waals surface area contributed by atoms with Crippen LogP contribution in [-0.2, 0) is 14.8 Å². The average molecular weight is 496 g/mol. The monoisotopic (exact) mass is 495 g/mol. The second-order valence-electron chi connectivity index (χ2n) is 7.71. The molecule has 0 unspecified atom stereocenters. The third-order valence-electron chi connectivity index (χ3n) is 4.98. The molecule has 0 radical (unpaired) electrons. The number of anilines is 1. The van der Waals surface area contributed by atoms with E-state index in [-0.39, 0.29) is 10.6 Å². The quantitative estimate of drug-likeness (QED) is 0.319. The highest BCUT2D eigenvalue weighted by atomic mass is 32.2. The van der Waals surface area contributed by atoms with Gasteiger partial charge in [-0.05, 0) is 73.0 Å². The van der Waals surface area contributed by atoms with Gasteiger partial charge in [0.2, 0.25) is 0 Å². The van der Waals surface area contributed by atoms with Gasteiger partial charge in [0.05, 0.1) is 30.5 Å². The Kier molecular flexibility index (Phi) is 8.86. The Balaban J connectivity index is 1.81. The van der Waals surface area contributed by atoms with Crippen molar-refractivity contribution >= 4 is 27.8 Å². The number of sulfonamides is 1. The van der Waals surface area contributed by atoms with Crippen molar-refractivity contribution in [2.75, 3.05) is 24.6 Å². The minimum atomic E-state index is -4.06. The zero-order chi connectivity index (χ0) is 25.3. The summed E-state index contributed by atoms with van der Waals surface area (Å²) in [6.07, 6.45) is 2.39. The number of hydrogen-bond donors (Lipinski definition) is 1. The lowest BCUT2D eigenvalue weighted by molar-refractivity contribution is -0.119. The molecule has 184 valence electrons. The van der Waals surface area contributed by atoms with Gasteiger partial charge in [-0.15, -0.1) is 0 Å². The lowest BCUT2D eigenvalue weighted by atomic mass is 10.2. The van der Waals surface area contributed by atoms with Crippen LogP contribution in [0.2, 0.25) is 0 Å². The van der Waals surface area contributed by atoms with E-state index in [9.17, 15) is 13.2 Å². The van der Waals surface area contributed by atoms with Crippen molar-refractivity contribution in [1.29, 1.82) is 0 Å². The maximum absolute atomic E-state index is 13.5. The fraction of sp³-hybridized carbons (Fsp3) is 0.231. The summed E-state index contributed by atoms with van der Waals surface area (Å²) in [6.45, 7) is 4.01. The van der Waals surface area contributed by atoms with E-state index in [0.29, 0.717) is 12.4 Å². The van der Waals surface area contributed by atoms with E-state index in [1.807, 2.05) is 38.1 Å². The minimum Gasteiger partial charge on any atom is -0.495 e. The van der Waals surface area contributed by atoms with Gasteiger partial charge in [0, 0.05) is 0 Å². The van der Waals surface area contributed by atoms with Crippen LogP contribution in [0.25, 0.3) is 0 Å². The molecule has 0 aliphatic carbocycles. The number of carbonyl (C=O) groups is 1. The molecule has 0 atom stereocenters. The zero-order valence-electron chi connectivity index (χ0n) is 20.0. The van der Waals surface area contributed by atoms with Crippen LogP contribution < -0.4 is 19.2 Å². The van der Waals surface area contributed by atoms with Crippen molar-refractivity contribution < 1.29 is 22.7 Å². The molecule has 0 saturated carbocycles. The molecule has 0 aliphatic heterocycles. The predicted molar refractivity (Wildman–Crippen MR) is 137 cm³/mol. The first-order chi connectivity index (χ1) is 16.8. The van der Waals surface area contributed by atoms with E-state index in [2.05, 4.69) is 10.5 Å². The van der Waals surface area contributed by atoms with Crippen LogP contribution in [0.4, 0.5) is 5.69 Å². The molecular formula is C26H29N3O5S. The number of aryl methyl sites for hydroxylation is 1. The highest BCUT2D eigenvalue weighted by Crippen LogP contribution is 2.33. The summed E-state index contributed by atoms with van der Waals surface area (Å²) >= 11 is 0. The summed E-state index contributed by atoms with van der Waals surface area (Å²) in [5.41, 5.74) is 4.24. The molecule has 0 bridgehead atoms. The smallest absolute Gasteiger partial charge is 0.264 e. The third kappa shape index (κ3) is 6.83. The van der Waals surface area contributed by atoms with E-state index in [1.54, 1.807) is 36.4 Å². The molecule has 0 saturated heterocycles. The highest BCUT2D eigenvalue weighted by Gasteiger charge is 2.29. The predicted octanol–water partition coefficient (Wildman–Crippen LogP) is 4.14. The van der Waals surface area contributed by atoms with Crippen LogP contribution in [0.5, 0.6) is 11.5 Å². The molecule has 1 N–H and O–H groups in total. The number of methoxy groups -OCH3 is 1. The van der Waals surface area contributed by atoms with Crippen molar-refractivity contribution in [3.05, 3.63) is 83.9 Å². The standard InChI is InChI=1S/C26H29N3O5S/c1-4-16-34-22-13-11-21(12-14-22)18-27-28-26(30)19-29(24-17-20(2)10-15-25(24)33-3)35(31,32)23-8-6-5-7-9-23/h5-15,17-18H,4,16,19H2,1-3H3,(H,28,30)/b27-18-. The molecule has 0 spiro atoms. The number of hydrazone groups is 1. The van der Waals surface area contributed by atoms with Crippen molar-refractivity contribution in [3.8, 4) is 11.5 Å². The van der Waals surface area contributed by atoms with Gasteiger partial charge in [-0.25, -0.2) is 13.8 Å². The Hall–Kier alpha value is -3.85. The number of benzene rings is 3. The number of carbonyl (C=O) groups excluding carboxylic acids is 1. The van der Waals surface area contributed by atoms with Gasteiger partial charge in [-0.2, -0.15) is 5.10 Å². The van der Waals surface area contributed by atoms with Crippen LogP contribution in [0.3, 0.4) is 0 Å². The van der Waals surface area contributed by atoms with Crippen molar-refractivity contribution in [2.45, 2.75) is 25.2 Å². The van der Waals surface area contributed by atoms with Gasteiger partial charge in [0.1, 0.15) is 18.0 Å². The van der Waals surface area contributed by atoms with Gasteiger partial charge in [0.25, 0.3) is 15.9 Å². The second-order valence-corrected chi connectivity index (χ2v) is 9.57. The second kappa shape index (κ2) is 12.0. The first-order valence-corrected chi connectivity index (χ1v) is 12.6. The summed E-state index contributed by atoms with van der Waals surface area (Å²) < 4.78 is 38.9. The normalized spacial score (nSPS) is 11.3. The molecule has 3 aromatic carbocycles. The highest BCUT2D eigenvalue weighted by molar-refractivity contribution is 7.92. The van der Waals surface area contributed by atoms with Gasteiger partial charge in [0.15, 0.2) is 0 Å². The number of amides is 1. The molecule has 8 nitrogen and oxygen atoms in total. The van der Waals surface area contributed by atoms with E-state index >= 15 is 0 Å². The molecule has 3 aromatic rings. The van der Waals surface area contributed by atoms with Crippen molar-refractivity contribution in [3.63, 3.8) is 0 Å². The Morgan fingerprint density at radius 2 is 1.77 bits per heavy atom. The first kappa shape index (κ1) is 25.8. The number of rotatable bonds is 11. The van der Waals surface area contributed by atoms with Crippen LogP contribution in [0, 0.1) is 6.92 Å². The van der Waals surface area contributed by atoms with Gasteiger partial charge in [-0.1, -0.05) is 31.2 Å². The van der Waals surface area contributed by atoms with Crippen LogP contribution in [0.1, 0.15) is 24.5 Å². The van der Waals surface area contributed by atoms with Gasteiger partial charge >= 0.3 is 0 Å². The molecule has 35 heavy (non-hydrogen) atoms. The topological polar surface area (TPSA) is 97.3 Å². The Morgan fingerprint density at radius 3 is 2.43 bits per heavy atom. The average Bonchev–Trinajstić information content (AvgIpc) is 2.87. The number of ether oxygens (including phenoxy) is 2. The summed E-state index contributed by atoms with van der Waals surface area (Å²) in [7, 11) is -2.61. The van der Waals surface area contributed by atoms with E-state index in [0.717, 1.165) is 27.6 Å². The molecular weight excluding hydrogens is 466 g/mol. The fourth-order valence-corrected chi connectivity index (χ4v) is 4.67. The first-order valence-electron chi connectivity index (χ1n) is 11.1. The molecule has 1 amide bonds. The van der Waals surface area contributed by atoms with Gasteiger partial charge in [-0.3, -0.25) is 9.10 Å². The van der Waals surface area contributed by atoms with Gasteiger partial charge < -0.3 is 9.47 Å². The van der Waals surface area contributed by atoms with Crippen molar-refractivity contribution in [1.82, 2.24) is 5.43 Å². The zero-order valence-corrected chi connectivity index (χ0v) is 20.8. The lowest BCUT2D eigenvalue weighted by Gasteiger charge is -2.25. The van der Waals surface area contributed by atoms with E-state index < -0.39 is 22.5 Å². The molecule has 0 aromatic heterocycles. The number of nitrogens with one attached hydrogen (secondary N) is 1. The van der Waals surface area contributed by atoms with Crippen molar-refractivity contribution in [2.24, 2.45) is 5.10 Å². The Labute approximate surface area is 206 Å². The summed E-state index contributed by atoms with van der Waals surface area (Å²) in [5, 5.41) is 3.98. The largest absolute Gasteiger partial charge is 0.495 e. The maximum Gasteiger partial charge on any atom is 0.264 e. The summed E-state index contributed by atoms with van der Waals surface area (Å²) in [6, 6.07) is 20.3. The SMILES string of the molecule is CCCOc1ccc(/C=N\NC(=O)CN(c2cc(C)ccc2OC)S(=O)(=O)c2ccccc2)cc1. The van der Waals surface area contributed by atoms with Crippen LogP contribution in [0.15, 0.2) is 82.8 Å². The molecule has 0 fully saturated rings. The summed E-state index contributed by atoms with van der Waals surface area (Å²) in [5.74, 6) is 0.478. The van der Waals surface area contributed by atoms with Crippen LogP contribution in [-0.4, -0.2) is 40.8 Å². The van der Waals surface area contributed by atoms with Crippen LogP contribution >= 0.6 is 0 Å². The maximum atomic E-state index is 13.5. The molecule has 0 heterocycles. The number of nitrogens with zero attached hydrogens (tertiary/aromatic N) is 2. The number of hydrogen-bond acceptors (Lipinski definition) is 6. The molecule has 9 heteroatoms. The van der Waals surface area contributed by atoms with E-state index in [1.165, 1.54) is 25.5 Å². The lowest BCUT2D eigenvalue weighted by Crippen LogP contribution is -2.39. The molecule has 0 aliphatic rings. The summed E-state index contributed by atoms with van der Waals surface area (Å²) in [4.78, 5) is 12.8. The minimum absolute atomic E-state index is 0.0604. The molecule has 3 rings (SSSR count). The fourth-order valence-electron chi connectivity index (χ4n) is 3.23.